The van der Waals surface area contributed by atoms with Gasteiger partial charge in [0.15, 0.2) is 0 Å². The molecule has 5 nitrogen and oxygen atoms in total. The van der Waals surface area contributed by atoms with Gasteiger partial charge >= 0.3 is 5.97 Å². The van der Waals surface area contributed by atoms with Crippen LogP contribution >= 0.6 is 0 Å². The Hall–Kier alpha value is -1.88. The Morgan fingerprint density at radius 2 is 1.96 bits per heavy atom. The number of amides is 1. The monoisotopic (exact) mass is 370 g/mol. The maximum atomic E-state index is 12.9. The van der Waals surface area contributed by atoms with E-state index in [-0.39, 0.29) is 29.8 Å². The minimum Gasteiger partial charge on any atom is -0.458 e. The topological polar surface area (TPSA) is 58.6 Å². The van der Waals surface area contributed by atoms with Gasteiger partial charge in [0.1, 0.15) is 5.60 Å². The molecule has 2 fully saturated rings. The normalized spacial score (nSPS) is 24.7. The molecule has 0 bridgehead atoms. The maximum absolute atomic E-state index is 12.9. The van der Waals surface area contributed by atoms with Gasteiger partial charge in [0.25, 0.3) is 0 Å². The number of nitrogens with zero attached hydrogens (tertiary/aromatic N) is 1. The molecular formula is C22H30N2O3. The van der Waals surface area contributed by atoms with Crippen LogP contribution < -0.4 is 5.32 Å². The van der Waals surface area contributed by atoms with Crippen molar-refractivity contribution in [3.05, 3.63) is 35.4 Å². The number of carbonyl (C=O) groups excluding carboxylic acids is 2. The Labute approximate surface area is 161 Å². The van der Waals surface area contributed by atoms with Crippen LogP contribution in [-0.4, -0.2) is 41.0 Å². The summed E-state index contributed by atoms with van der Waals surface area (Å²) in [6.07, 6.45) is 4.99. The zero-order valence-electron chi connectivity index (χ0n) is 16.4. The van der Waals surface area contributed by atoms with Crippen LogP contribution in [0.15, 0.2) is 24.3 Å². The highest BCUT2D eigenvalue weighted by atomic mass is 16.6. The van der Waals surface area contributed by atoms with E-state index in [1.807, 2.05) is 0 Å². The molecule has 1 saturated heterocycles. The molecule has 0 radical (unpaired) electrons. The second-order valence-electron chi connectivity index (χ2n) is 8.97. The van der Waals surface area contributed by atoms with Crippen molar-refractivity contribution < 1.29 is 14.3 Å². The summed E-state index contributed by atoms with van der Waals surface area (Å²) in [5, 5.41) is 3.15. The molecule has 5 heteroatoms. The molecule has 1 saturated carbocycles. The first-order valence-electron chi connectivity index (χ1n) is 10.2. The number of carbonyl (C=O) groups is 2. The van der Waals surface area contributed by atoms with Crippen molar-refractivity contribution in [3.8, 4) is 0 Å². The van der Waals surface area contributed by atoms with Crippen LogP contribution in [0.5, 0.6) is 0 Å². The third kappa shape index (κ3) is 3.49. The molecule has 0 aromatic heterocycles. The van der Waals surface area contributed by atoms with E-state index < -0.39 is 5.60 Å². The lowest BCUT2D eigenvalue weighted by Gasteiger charge is -2.42. The van der Waals surface area contributed by atoms with Gasteiger partial charge in [-0.05, 0) is 57.1 Å². The summed E-state index contributed by atoms with van der Waals surface area (Å²) >= 11 is 0. The van der Waals surface area contributed by atoms with Crippen LogP contribution in [0.1, 0.15) is 57.1 Å². The molecule has 1 atom stereocenters. The third-order valence-corrected chi connectivity index (χ3v) is 6.77. The molecule has 1 spiro atoms. The van der Waals surface area contributed by atoms with Crippen LogP contribution in [0.25, 0.3) is 0 Å². The minimum atomic E-state index is -0.532. The van der Waals surface area contributed by atoms with Crippen molar-refractivity contribution in [3.63, 3.8) is 0 Å². The van der Waals surface area contributed by atoms with Gasteiger partial charge in [-0.15, -0.1) is 0 Å². The lowest BCUT2D eigenvalue weighted by atomic mass is 9.85. The van der Waals surface area contributed by atoms with Crippen molar-refractivity contribution >= 4 is 11.9 Å². The first-order chi connectivity index (χ1) is 12.9. The second kappa shape index (κ2) is 6.93. The van der Waals surface area contributed by atoms with Gasteiger partial charge in [-0.3, -0.25) is 14.5 Å². The van der Waals surface area contributed by atoms with Gasteiger partial charge in [0, 0.05) is 25.2 Å². The van der Waals surface area contributed by atoms with Crippen LogP contribution in [0, 0.1) is 5.92 Å². The second-order valence-corrected chi connectivity index (χ2v) is 8.97. The summed E-state index contributed by atoms with van der Waals surface area (Å²) in [4.78, 5) is 27.2. The van der Waals surface area contributed by atoms with Crippen molar-refractivity contribution in [1.29, 1.82) is 0 Å². The maximum Gasteiger partial charge on any atom is 0.307 e. The van der Waals surface area contributed by atoms with Gasteiger partial charge in [0.2, 0.25) is 5.91 Å². The Morgan fingerprint density at radius 1 is 1.26 bits per heavy atom. The van der Waals surface area contributed by atoms with E-state index in [1.165, 1.54) is 11.1 Å². The number of ether oxygens (including phenoxy) is 1. The zero-order chi connectivity index (χ0) is 19.1. The smallest absolute Gasteiger partial charge is 0.307 e. The number of nitrogens with one attached hydrogen (secondary N) is 1. The Morgan fingerprint density at radius 3 is 2.70 bits per heavy atom. The Kier molecular flexibility index (Phi) is 4.75. The molecule has 1 aromatic carbocycles. The Bertz CT molecular complexity index is 737. The van der Waals surface area contributed by atoms with Gasteiger partial charge in [0.05, 0.1) is 12.3 Å². The van der Waals surface area contributed by atoms with Crippen molar-refractivity contribution in [2.75, 3.05) is 13.1 Å². The van der Waals surface area contributed by atoms with E-state index in [2.05, 4.69) is 48.3 Å². The van der Waals surface area contributed by atoms with Crippen LogP contribution in [0.2, 0.25) is 0 Å². The first kappa shape index (κ1) is 18.5. The van der Waals surface area contributed by atoms with E-state index in [1.54, 1.807) is 0 Å². The quantitative estimate of drug-likeness (QED) is 0.828. The molecule has 2 aliphatic heterocycles. The summed E-state index contributed by atoms with van der Waals surface area (Å²) in [6.45, 7) is 6.85. The van der Waals surface area contributed by atoms with Crippen LogP contribution in [-0.2, 0) is 27.3 Å². The lowest BCUT2D eigenvalue weighted by Crippen LogP contribution is -2.54. The largest absolute Gasteiger partial charge is 0.458 e. The molecule has 0 unspecified atom stereocenters. The first-order valence-corrected chi connectivity index (χ1v) is 10.2. The summed E-state index contributed by atoms with van der Waals surface area (Å²) in [5.41, 5.74) is 2.13. The predicted octanol–water partition coefficient (Wildman–Crippen LogP) is 2.82. The number of fused-ring (bicyclic) bond motifs is 1. The van der Waals surface area contributed by atoms with Crippen LogP contribution in [0.4, 0.5) is 0 Å². The predicted molar refractivity (Wildman–Crippen MR) is 103 cm³/mol. The zero-order valence-corrected chi connectivity index (χ0v) is 16.4. The van der Waals surface area contributed by atoms with E-state index in [0.29, 0.717) is 6.54 Å². The fourth-order valence-corrected chi connectivity index (χ4v) is 5.00. The highest BCUT2D eigenvalue weighted by Gasteiger charge is 2.54. The summed E-state index contributed by atoms with van der Waals surface area (Å²) in [6, 6.07) is 8.60. The number of rotatable bonds is 4. The number of hydrogen-bond donors (Lipinski definition) is 1. The number of esters is 1. The lowest BCUT2D eigenvalue weighted by molar-refractivity contribution is -0.150. The van der Waals surface area contributed by atoms with E-state index >= 15 is 0 Å². The van der Waals surface area contributed by atoms with Gasteiger partial charge < -0.3 is 10.1 Å². The molecule has 4 rings (SSSR count). The fourth-order valence-electron chi connectivity index (χ4n) is 5.00. The molecule has 3 aliphatic rings. The highest BCUT2D eigenvalue weighted by Crippen LogP contribution is 2.45. The van der Waals surface area contributed by atoms with Crippen LogP contribution in [0.3, 0.4) is 0 Å². The molecule has 1 aromatic rings. The molecule has 146 valence electrons. The summed E-state index contributed by atoms with van der Waals surface area (Å²) in [5.74, 6) is -0.567. The molecule has 1 aliphatic carbocycles. The van der Waals surface area contributed by atoms with E-state index in [0.717, 1.165) is 45.2 Å². The highest BCUT2D eigenvalue weighted by molar-refractivity contribution is 5.88. The average Bonchev–Trinajstić information content (AvgIpc) is 3.26. The molecule has 1 amide bonds. The molecule has 1 N–H and O–H groups in total. The van der Waals surface area contributed by atoms with E-state index in [4.69, 9.17) is 4.74 Å². The van der Waals surface area contributed by atoms with E-state index in [9.17, 15) is 9.59 Å². The molecule has 2 heterocycles. The number of hydrogen-bond acceptors (Lipinski definition) is 4. The third-order valence-electron chi connectivity index (χ3n) is 6.77. The average molecular weight is 370 g/mol. The van der Waals surface area contributed by atoms with Crippen molar-refractivity contribution in [2.45, 2.75) is 70.1 Å². The number of benzene rings is 1. The van der Waals surface area contributed by atoms with Gasteiger partial charge in [-0.1, -0.05) is 24.3 Å². The SMILES string of the molecule is CC(C)(CNC(=O)[C@H]1CC(=O)OC12CCCC2)N1CCc2ccccc2C1. The molecular weight excluding hydrogens is 340 g/mol. The van der Waals surface area contributed by atoms with Gasteiger partial charge in [-0.2, -0.15) is 0 Å². The summed E-state index contributed by atoms with van der Waals surface area (Å²) < 4.78 is 5.62. The van der Waals surface area contributed by atoms with Gasteiger partial charge in [-0.25, -0.2) is 0 Å². The van der Waals surface area contributed by atoms with Crippen molar-refractivity contribution in [2.24, 2.45) is 5.92 Å². The molecule has 27 heavy (non-hydrogen) atoms. The minimum absolute atomic E-state index is 0.0202. The fraction of sp³-hybridized carbons (Fsp3) is 0.636. The Balaban J connectivity index is 1.39. The summed E-state index contributed by atoms with van der Waals surface area (Å²) in [7, 11) is 0. The van der Waals surface area contributed by atoms with Crippen molar-refractivity contribution in [1.82, 2.24) is 10.2 Å². The standard InChI is InChI=1S/C22H30N2O3/c1-21(2,24-12-9-16-7-3-4-8-17(16)14-24)15-23-20(26)18-13-19(25)27-22(18)10-5-6-11-22/h3-4,7-8,18H,5-6,9-15H2,1-2H3,(H,23,26)/t18-/m1/s1.